The van der Waals surface area contributed by atoms with Gasteiger partial charge >= 0.3 is 19.5 Å². The van der Waals surface area contributed by atoms with Gasteiger partial charge in [-0.3, -0.25) is 18.4 Å². The van der Waals surface area contributed by atoms with E-state index in [1.54, 1.807) is 13.0 Å². The number of nitrogens with two attached hydrogens (primary N) is 1. The molecule has 0 aliphatic carbocycles. The fraction of sp³-hybridized carbons (Fsp3) is 0.357. The predicted molar refractivity (Wildman–Crippen MR) is 154 cm³/mol. The Morgan fingerprint density at radius 2 is 2.00 bits per heavy atom. The highest BCUT2D eigenvalue weighted by Gasteiger charge is 2.53. The van der Waals surface area contributed by atoms with Crippen LogP contribution in [-0.2, 0) is 46.6 Å². The van der Waals surface area contributed by atoms with Gasteiger partial charge in [-0.05, 0) is 24.6 Å². The minimum absolute atomic E-state index is 0.0732. The molecular formula is C28H27N6O10P. The number of para-hydroxylation sites is 1. The first kappa shape index (κ1) is 29.4. The van der Waals surface area contributed by atoms with Gasteiger partial charge in [-0.1, -0.05) is 25.1 Å². The van der Waals surface area contributed by atoms with Crippen molar-refractivity contribution >= 4 is 30.6 Å². The molecule has 1 fully saturated rings. The van der Waals surface area contributed by atoms with Crippen LogP contribution in [0.1, 0.15) is 42.7 Å². The lowest BCUT2D eigenvalue weighted by Crippen LogP contribution is -2.46. The first-order valence-electron chi connectivity index (χ1n) is 14.1. The van der Waals surface area contributed by atoms with E-state index in [-0.39, 0.29) is 43.1 Å². The molecule has 3 aromatic heterocycles. The number of hydrogen-bond acceptors (Lipinski definition) is 13. The number of aliphatic hydroxyl groups is 1. The molecule has 5 unspecified atom stereocenters. The minimum atomic E-state index is -5.08. The number of rotatable bonds is 7. The Bertz CT molecular complexity index is 2050. The lowest BCUT2D eigenvalue weighted by atomic mass is 9.86. The van der Waals surface area contributed by atoms with E-state index in [2.05, 4.69) is 9.97 Å². The maximum Gasteiger partial charge on any atom is 0.473 e. The molecule has 6 heterocycles. The fourth-order valence-corrected chi connectivity index (χ4v) is 7.13. The summed E-state index contributed by atoms with van der Waals surface area (Å²) >= 11 is 0. The van der Waals surface area contributed by atoms with Crippen molar-refractivity contribution in [3.8, 4) is 11.4 Å². The summed E-state index contributed by atoms with van der Waals surface area (Å²) in [7, 11) is -5.08. The zero-order chi connectivity index (χ0) is 31.7. The minimum Gasteiger partial charge on any atom is -0.458 e. The summed E-state index contributed by atoms with van der Waals surface area (Å²) in [4.78, 5) is 62.0. The first-order chi connectivity index (χ1) is 21.5. The molecule has 4 N–H and O–H groups in total. The Morgan fingerprint density at radius 3 is 2.78 bits per heavy atom. The van der Waals surface area contributed by atoms with E-state index in [1.165, 1.54) is 4.57 Å². The number of aromatic nitrogens is 5. The van der Waals surface area contributed by atoms with Crippen molar-refractivity contribution in [2.24, 2.45) is 0 Å². The second-order valence-electron chi connectivity index (χ2n) is 11.0. The van der Waals surface area contributed by atoms with Gasteiger partial charge in [0.15, 0.2) is 0 Å². The number of nitrogen functional groups attached to an aromatic ring is 1. The molecule has 1 saturated heterocycles. The Hall–Kier alpha value is -4.31. The monoisotopic (exact) mass is 638 g/mol. The number of anilines is 1. The molecule has 17 heteroatoms. The number of phosphoric acid groups is 1. The van der Waals surface area contributed by atoms with Crippen molar-refractivity contribution in [1.29, 1.82) is 0 Å². The molecule has 0 spiro atoms. The van der Waals surface area contributed by atoms with Crippen molar-refractivity contribution < 1.29 is 37.9 Å². The topological polar surface area (TPSA) is 220 Å². The summed E-state index contributed by atoms with van der Waals surface area (Å²) in [6.07, 6.45) is -2.50. The van der Waals surface area contributed by atoms with Crippen LogP contribution in [0, 0.1) is 0 Å². The molecule has 234 valence electrons. The van der Waals surface area contributed by atoms with E-state index in [1.807, 2.05) is 30.3 Å². The quantitative estimate of drug-likeness (QED) is 0.168. The second kappa shape index (κ2) is 10.7. The summed E-state index contributed by atoms with van der Waals surface area (Å²) < 4.78 is 37.7. The predicted octanol–water partition coefficient (Wildman–Crippen LogP) is 1.10. The fourth-order valence-electron chi connectivity index (χ4n) is 6.04. The molecule has 5 atom stereocenters. The molecule has 7 rings (SSSR count). The van der Waals surface area contributed by atoms with E-state index in [0.29, 0.717) is 16.9 Å². The number of fused-ring (bicyclic) bond motifs is 5. The number of carbonyl (C=O) groups is 1. The molecule has 4 aromatic rings. The summed E-state index contributed by atoms with van der Waals surface area (Å²) in [6.45, 7) is 0.804. The number of nitrogens with zero attached hydrogens (tertiary/aromatic N) is 5. The zero-order valence-corrected chi connectivity index (χ0v) is 24.6. The molecule has 1 aromatic carbocycles. The number of aliphatic hydroxyl groups excluding tert-OH is 1. The van der Waals surface area contributed by atoms with E-state index in [9.17, 15) is 28.9 Å². The van der Waals surface area contributed by atoms with Crippen LogP contribution in [0.15, 0.2) is 52.3 Å². The lowest BCUT2D eigenvalue weighted by Gasteiger charge is -2.36. The molecule has 0 saturated carbocycles. The maximum atomic E-state index is 13.7. The van der Waals surface area contributed by atoms with Crippen molar-refractivity contribution in [3.63, 3.8) is 0 Å². The molecule has 3 aliphatic rings. The maximum absolute atomic E-state index is 13.7. The van der Waals surface area contributed by atoms with Crippen LogP contribution in [-0.4, -0.2) is 58.9 Å². The number of phosphoric ester groups is 1. The first-order valence-corrected chi connectivity index (χ1v) is 15.5. The number of hydrogen-bond donors (Lipinski definition) is 3. The summed E-state index contributed by atoms with van der Waals surface area (Å²) in [5.74, 6) is -1.20. The van der Waals surface area contributed by atoms with E-state index >= 15 is 0 Å². The third kappa shape index (κ3) is 4.86. The van der Waals surface area contributed by atoms with Gasteiger partial charge in [-0.2, -0.15) is 4.98 Å². The average molecular weight is 639 g/mol. The van der Waals surface area contributed by atoms with Crippen LogP contribution < -0.4 is 17.0 Å². The highest BCUT2D eigenvalue weighted by molar-refractivity contribution is 7.47. The Balaban J connectivity index is 1.17. The SMILES string of the molecule is CCC1(OP(=O)(O)OCC2OC(n3cnc(N)nc3=O)CC2O)C(=O)OCc2c1cc1n(c2=O)Cc2cc3ccccc3nc2-1. The molecule has 45 heavy (non-hydrogen) atoms. The van der Waals surface area contributed by atoms with E-state index in [0.717, 1.165) is 21.8 Å². The Labute approximate surface area is 253 Å². The van der Waals surface area contributed by atoms with E-state index in [4.69, 9.17) is 29.2 Å². The van der Waals surface area contributed by atoms with Gasteiger partial charge in [0.2, 0.25) is 11.5 Å². The molecule has 0 amide bonds. The third-order valence-electron chi connectivity index (χ3n) is 8.32. The van der Waals surface area contributed by atoms with Crippen molar-refractivity contribution in [1.82, 2.24) is 24.1 Å². The van der Waals surface area contributed by atoms with Crippen LogP contribution >= 0.6 is 7.82 Å². The van der Waals surface area contributed by atoms with Gasteiger partial charge in [0.25, 0.3) is 5.56 Å². The normalized spacial score (nSPS) is 25.0. The van der Waals surface area contributed by atoms with Gasteiger partial charge in [0.05, 0.1) is 41.7 Å². The Kier molecular flexibility index (Phi) is 6.96. The summed E-state index contributed by atoms with van der Waals surface area (Å²) in [5, 5.41) is 11.4. The van der Waals surface area contributed by atoms with Gasteiger partial charge in [0.1, 0.15) is 25.3 Å². The smallest absolute Gasteiger partial charge is 0.458 e. The van der Waals surface area contributed by atoms with Gasteiger partial charge in [-0.15, -0.1) is 0 Å². The number of carbonyl (C=O) groups excluding carboxylic acids is 1. The third-order valence-corrected chi connectivity index (χ3v) is 9.34. The highest BCUT2D eigenvalue weighted by Crippen LogP contribution is 2.54. The Morgan fingerprint density at radius 1 is 1.20 bits per heavy atom. The number of pyridine rings is 2. The van der Waals surface area contributed by atoms with E-state index < -0.39 is 55.7 Å². The van der Waals surface area contributed by atoms with Crippen molar-refractivity contribution in [2.75, 3.05) is 12.3 Å². The lowest BCUT2D eigenvalue weighted by molar-refractivity contribution is -0.171. The molecule has 0 bridgehead atoms. The van der Waals surface area contributed by atoms with Crippen LogP contribution in [0.2, 0.25) is 0 Å². The molecule has 3 aliphatic heterocycles. The van der Waals surface area contributed by atoms with Crippen LogP contribution in [0.25, 0.3) is 22.3 Å². The largest absolute Gasteiger partial charge is 0.473 e. The van der Waals surface area contributed by atoms with Crippen molar-refractivity contribution in [2.45, 2.75) is 57.0 Å². The number of cyclic esters (lactones) is 1. The zero-order valence-electron chi connectivity index (χ0n) is 23.7. The standard InChI is InChI=1S/C28H27N6O10P/c1-2-28(44-45(39,40)42-12-21-20(35)9-22(43-21)34-13-30-26(29)32-27(34)38)17-8-19-23-15(7-14-5-3-4-6-18(14)31-23)10-33(19)24(36)16(17)11-41-25(28)37/h3-8,13,20-22,35H,2,9-12H2,1H3,(H,39,40)(H2,29,32,38). The van der Waals surface area contributed by atoms with Gasteiger partial charge < -0.3 is 29.8 Å². The van der Waals surface area contributed by atoms with Crippen molar-refractivity contribution in [3.05, 3.63) is 80.3 Å². The van der Waals surface area contributed by atoms with Gasteiger partial charge in [-0.25, -0.2) is 24.1 Å². The second-order valence-corrected chi connectivity index (χ2v) is 12.3. The highest BCUT2D eigenvalue weighted by atomic mass is 31.2. The van der Waals surface area contributed by atoms with Crippen LogP contribution in [0.5, 0.6) is 0 Å². The van der Waals surface area contributed by atoms with Crippen LogP contribution in [0.4, 0.5) is 5.95 Å². The number of esters is 1. The van der Waals surface area contributed by atoms with Gasteiger partial charge in [0, 0.05) is 22.9 Å². The number of benzene rings is 1. The van der Waals surface area contributed by atoms with Crippen LogP contribution in [0.3, 0.4) is 0 Å². The summed E-state index contributed by atoms with van der Waals surface area (Å²) in [5.41, 5.74) is 4.73. The average Bonchev–Trinajstić information content (AvgIpc) is 3.56. The molecule has 16 nitrogen and oxygen atoms in total. The summed E-state index contributed by atoms with van der Waals surface area (Å²) in [6, 6.07) is 11.0. The molecular weight excluding hydrogens is 611 g/mol. The number of ether oxygens (including phenoxy) is 2. The molecule has 0 radical (unpaired) electrons.